The van der Waals surface area contributed by atoms with E-state index in [0.717, 1.165) is 35.7 Å². The molecule has 3 aromatic rings. The Morgan fingerprint density at radius 3 is 2.92 bits per heavy atom. The van der Waals surface area contributed by atoms with Gasteiger partial charge in [0.15, 0.2) is 0 Å². The van der Waals surface area contributed by atoms with Crippen LogP contribution >= 0.6 is 11.3 Å². The maximum atomic E-state index is 5.25. The van der Waals surface area contributed by atoms with Crippen LogP contribution in [0.5, 0.6) is 5.75 Å². The van der Waals surface area contributed by atoms with Crippen LogP contribution in [0.4, 0.5) is 0 Å². The van der Waals surface area contributed by atoms with Crippen molar-refractivity contribution < 1.29 is 4.74 Å². The lowest BCUT2D eigenvalue weighted by Gasteiger charge is -2.26. The second-order valence-corrected chi connectivity index (χ2v) is 7.72. The molecule has 1 aliphatic carbocycles. The van der Waals surface area contributed by atoms with Crippen molar-refractivity contribution in [1.82, 2.24) is 25.1 Å². The van der Waals surface area contributed by atoms with Crippen molar-refractivity contribution in [2.45, 2.75) is 44.8 Å². The average Bonchev–Trinajstić information content (AvgIpc) is 3.32. The zero-order valence-electron chi connectivity index (χ0n) is 15.1. The summed E-state index contributed by atoms with van der Waals surface area (Å²) in [7, 11) is 1.69. The van der Waals surface area contributed by atoms with Gasteiger partial charge in [-0.2, -0.15) is 5.10 Å². The number of aromatic nitrogens is 4. The molecule has 0 fully saturated rings. The highest BCUT2D eigenvalue weighted by atomic mass is 32.1. The number of nitrogens with zero attached hydrogens (tertiary/aromatic N) is 4. The summed E-state index contributed by atoms with van der Waals surface area (Å²) in [4.78, 5) is 10.3. The molecule has 7 heteroatoms. The number of aryl methyl sites for hydroxylation is 1. The van der Waals surface area contributed by atoms with Gasteiger partial charge in [-0.05, 0) is 50.5 Å². The first-order valence-corrected chi connectivity index (χ1v) is 9.77. The van der Waals surface area contributed by atoms with Crippen LogP contribution in [-0.4, -0.2) is 32.9 Å². The van der Waals surface area contributed by atoms with Gasteiger partial charge in [0, 0.05) is 22.5 Å². The Morgan fingerprint density at radius 2 is 2.19 bits per heavy atom. The number of methoxy groups -OCH3 is 1. The van der Waals surface area contributed by atoms with Gasteiger partial charge in [0.2, 0.25) is 0 Å². The van der Waals surface area contributed by atoms with Crippen LogP contribution in [0.1, 0.15) is 36.4 Å². The second kappa shape index (κ2) is 7.55. The molecule has 1 aliphatic rings. The molecule has 2 heterocycles. The Bertz CT molecular complexity index is 843. The molecule has 0 bridgehead atoms. The van der Waals surface area contributed by atoms with Crippen molar-refractivity contribution in [2.75, 3.05) is 7.11 Å². The van der Waals surface area contributed by atoms with Gasteiger partial charge in [-0.3, -0.25) is 4.68 Å². The summed E-state index contributed by atoms with van der Waals surface area (Å²) in [5.74, 6) is 0.872. The number of nitrogens with one attached hydrogen (secondary N) is 1. The van der Waals surface area contributed by atoms with Crippen molar-refractivity contribution in [3.8, 4) is 16.3 Å². The Kier molecular flexibility index (Phi) is 4.99. The molecule has 2 atom stereocenters. The summed E-state index contributed by atoms with van der Waals surface area (Å²) in [5, 5.41) is 9.05. The van der Waals surface area contributed by atoms with E-state index in [9.17, 15) is 0 Å². The van der Waals surface area contributed by atoms with E-state index in [1.54, 1.807) is 19.8 Å². The van der Waals surface area contributed by atoms with Crippen molar-refractivity contribution in [1.29, 1.82) is 0 Å². The Labute approximate surface area is 157 Å². The van der Waals surface area contributed by atoms with E-state index in [1.165, 1.54) is 17.0 Å². The molecule has 0 amide bonds. The molecule has 1 aromatic carbocycles. The molecule has 0 spiro atoms. The van der Waals surface area contributed by atoms with Gasteiger partial charge in [-0.25, -0.2) is 9.97 Å². The molecule has 2 aromatic heterocycles. The fourth-order valence-electron chi connectivity index (χ4n) is 3.44. The molecule has 0 saturated carbocycles. The van der Waals surface area contributed by atoms with Crippen LogP contribution in [0.3, 0.4) is 0 Å². The Hall–Kier alpha value is -2.25. The summed E-state index contributed by atoms with van der Waals surface area (Å²) in [6.45, 7) is 3.01. The summed E-state index contributed by atoms with van der Waals surface area (Å²) in [6.07, 6.45) is 6.73. The number of fused-ring (bicyclic) bond motifs is 1. The maximum absolute atomic E-state index is 5.25. The number of ether oxygens (including phenoxy) is 1. The number of benzene rings is 1. The minimum Gasteiger partial charge on any atom is -0.497 e. The lowest BCUT2D eigenvalue weighted by Crippen LogP contribution is -2.35. The normalized spacial score (nSPS) is 17.7. The molecule has 0 aliphatic heterocycles. The third kappa shape index (κ3) is 3.64. The van der Waals surface area contributed by atoms with E-state index < -0.39 is 0 Å². The summed E-state index contributed by atoms with van der Waals surface area (Å²) in [5.41, 5.74) is 2.40. The van der Waals surface area contributed by atoms with E-state index in [1.807, 2.05) is 28.2 Å². The van der Waals surface area contributed by atoms with Crippen molar-refractivity contribution >= 4 is 11.3 Å². The summed E-state index contributed by atoms with van der Waals surface area (Å²) >= 11 is 1.81. The lowest BCUT2D eigenvalue weighted by atomic mass is 9.97. The molecular formula is C19H23N5OS. The van der Waals surface area contributed by atoms with Gasteiger partial charge in [-0.1, -0.05) is 0 Å². The molecule has 136 valence electrons. The second-order valence-electron chi connectivity index (χ2n) is 6.69. The topological polar surface area (TPSA) is 64.9 Å². The number of hydrogen-bond donors (Lipinski definition) is 1. The van der Waals surface area contributed by atoms with E-state index >= 15 is 0 Å². The highest BCUT2D eigenvalue weighted by molar-refractivity contribution is 7.15. The predicted molar refractivity (Wildman–Crippen MR) is 102 cm³/mol. The third-order valence-electron chi connectivity index (χ3n) is 4.70. The van der Waals surface area contributed by atoms with Crippen LogP contribution in [0.15, 0.2) is 36.9 Å². The van der Waals surface area contributed by atoms with Crippen LogP contribution < -0.4 is 10.1 Å². The van der Waals surface area contributed by atoms with Crippen molar-refractivity contribution in [3.05, 3.63) is 47.5 Å². The van der Waals surface area contributed by atoms with E-state index in [-0.39, 0.29) is 0 Å². The number of hydrogen-bond acceptors (Lipinski definition) is 6. The highest BCUT2D eigenvalue weighted by Gasteiger charge is 2.26. The van der Waals surface area contributed by atoms with Gasteiger partial charge >= 0.3 is 0 Å². The summed E-state index contributed by atoms with van der Waals surface area (Å²) in [6, 6.07) is 8.83. The zero-order chi connectivity index (χ0) is 17.9. The number of thiazole rings is 1. The molecular weight excluding hydrogens is 346 g/mol. The average molecular weight is 369 g/mol. The minimum atomic E-state index is 0.319. The fraction of sp³-hybridized carbons (Fsp3) is 0.421. The van der Waals surface area contributed by atoms with Crippen molar-refractivity contribution in [2.24, 2.45) is 0 Å². The molecule has 0 radical (unpaired) electrons. The van der Waals surface area contributed by atoms with Crippen molar-refractivity contribution in [3.63, 3.8) is 0 Å². The van der Waals surface area contributed by atoms with E-state index in [0.29, 0.717) is 12.1 Å². The van der Waals surface area contributed by atoms with Gasteiger partial charge in [-0.15, -0.1) is 11.3 Å². The Balaban J connectivity index is 1.51. The minimum absolute atomic E-state index is 0.319. The Morgan fingerprint density at radius 1 is 1.35 bits per heavy atom. The first kappa shape index (κ1) is 17.2. The first-order valence-electron chi connectivity index (χ1n) is 8.95. The van der Waals surface area contributed by atoms with Crippen LogP contribution in [0.2, 0.25) is 0 Å². The van der Waals surface area contributed by atoms with Gasteiger partial charge < -0.3 is 10.1 Å². The molecule has 1 N–H and O–H groups in total. The van der Waals surface area contributed by atoms with E-state index in [2.05, 4.69) is 34.5 Å². The highest BCUT2D eigenvalue weighted by Crippen LogP contribution is 2.38. The van der Waals surface area contributed by atoms with Crippen LogP contribution in [-0.2, 0) is 13.0 Å². The lowest BCUT2D eigenvalue weighted by molar-refractivity contribution is 0.373. The largest absolute Gasteiger partial charge is 0.497 e. The van der Waals surface area contributed by atoms with Crippen LogP contribution in [0, 0.1) is 0 Å². The smallest absolute Gasteiger partial charge is 0.137 e. The molecule has 2 unspecified atom stereocenters. The fourth-order valence-corrected chi connectivity index (χ4v) is 4.65. The van der Waals surface area contributed by atoms with Crippen LogP contribution in [0.25, 0.3) is 10.6 Å². The van der Waals surface area contributed by atoms with Gasteiger partial charge in [0.25, 0.3) is 0 Å². The predicted octanol–water partition coefficient (Wildman–Crippen LogP) is 3.47. The van der Waals surface area contributed by atoms with Gasteiger partial charge in [0.1, 0.15) is 23.4 Å². The maximum Gasteiger partial charge on any atom is 0.137 e. The standard InChI is InChI=1S/C19H23N5OS/c1-13(10-24-12-20-11-21-24)22-16-4-3-5-17-18(16)26-19(23-17)14-6-8-15(25-2)9-7-14/h6-9,11-13,16,22H,3-5,10H2,1-2H3. The monoisotopic (exact) mass is 369 g/mol. The molecule has 0 saturated heterocycles. The van der Waals surface area contributed by atoms with E-state index in [4.69, 9.17) is 9.72 Å². The third-order valence-corrected chi connectivity index (χ3v) is 5.96. The number of rotatable bonds is 6. The zero-order valence-corrected chi connectivity index (χ0v) is 15.9. The molecule has 4 rings (SSSR count). The summed E-state index contributed by atoms with van der Waals surface area (Å²) < 4.78 is 7.12. The molecule has 6 nitrogen and oxygen atoms in total. The quantitative estimate of drug-likeness (QED) is 0.721. The van der Waals surface area contributed by atoms with Gasteiger partial charge in [0.05, 0.1) is 19.3 Å². The first-order chi connectivity index (χ1) is 12.7. The molecule has 26 heavy (non-hydrogen) atoms. The SMILES string of the molecule is COc1ccc(-c2nc3c(s2)C(NC(C)Cn2cncn2)CCC3)cc1.